The van der Waals surface area contributed by atoms with Crippen molar-refractivity contribution in [1.82, 2.24) is 4.98 Å². The zero-order chi connectivity index (χ0) is 13.1. The SMILES string of the molecule is C=C(Br)CNc1ccc2c(C(=O)O)cccc2n1. The van der Waals surface area contributed by atoms with Gasteiger partial charge in [-0.05, 0) is 24.3 Å². The molecule has 1 aromatic carbocycles. The van der Waals surface area contributed by atoms with Gasteiger partial charge in [0.25, 0.3) is 0 Å². The van der Waals surface area contributed by atoms with E-state index in [4.69, 9.17) is 5.11 Å². The Morgan fingerprint density at radius 3 is 2.83 bits per heavy atom. The van der Waals surface area contributed by atoms with Crippen LogP contribution in [0.1, 0.15) is 10.4 Å². The summed E-state index contributed by atoms with van der Waals surface area (Å²) >= 11 is 3.25. The summed E-state index contributed by atoms with van der Waals surface area (Å²) in [7, 11) is 0. The fraction of sp³-hybridized carbons (Fsp3) is 0.0769. The lowest BCUT2D eigenvalue weighted by molar-refractivity contribution is 0.0699. The molecular weight excluding hydrogens is 296 g/mol. The number of pyridine rings is 1. The van der Waals surface area contributed by atoms with Gasteiger partial charge in [-0.1, -0.05) is 28.6 Å². The molecule has 0 radical (unpaired) electrons. The number of hydrogen-bond acceptors (Lipinski definition) is 3. The Labute approximate surface area is 112 Å². The molecule has 2 rings (SSSR count). The summed E-state index contributed by atoms with van der Waals surface area (Å²) in [4.78, 5) is 15.4. The molecule has 0 amide bonds. The molecule has 0 bridgehead atoms. The predicted octanol–water partition coefficient (Wildman–Crippen LogP) is 3.25. The van der Waals surface area contributed by atoms with Crippen molar-refractivity contribution in [1.29, 1.82) is 0 Å². The van der Waals surface area contributed by atoms with Gasteiger partial charge in [-0.3, -0.25) is 0 Å². The molecule has 92 valence electrons. The molecule has 0 unspecified atom stereocenters. The molecule has 4 nitrogen and oxygen atoms in total. The highest BCUT2D eigenvalue weighted by atomic mass is 79.9. The Kier molecular flexibility index (Phi) is 3.62. The zero-order valence-electron chi connectivity index (χ0n) is 9.48. The number of aromatic nitrogens is 1. The van der Waals surface area contributed by atoms with E-state index in [0.29, 0.717) is 23.3 Å². The number of carboxylic acids is 1. The molecule has 2 N–H and O–H groups in total. The fourth-order valence-electron chi connectivity index (χ4n) is 1.63. The van der Waals surface area contributed by atoms with Crippen molar-refractivity contribution in [2.24, 2.45) is 0 Å². The highest BCUT2D eigenvalue weighted by Crippen LogP contribution is 2.19. The topological polar surface area (TPSA) is 62.2 Å². The number of rotatable bonds is 4. The maximum absolute atomic E-state index is 11.1. The van der Waals surface area contributed by atoms with Crippen LogP contribution in [0, 0.1) is 0 Å². The maximum atomic E-state index is 11.1. The Balaban J connectivity index is 2.41. The number of hydrogen-bond donors (Lipinski definition) is 2. The number of halogens is 1. The second-order valence-corrected chi connectivity index (χ2v) is 4.87. The summed E-state index contributed by atoms with van der Waals surface area (Å²) < 4.78 is 0.823. The molecule has 18 heavy (non-hydrogen) atoms. The van der Waals surface area contributed by atoms with Gasteiger partial charge in [0.1, 0.15) is 5.82 Å². The third kappa shape index (κ3) is 2.68. The van der Waals surface area contributed by atoms with E-state index in [2.05, 4.69) is 32.8 Å². The Hall–Kier alpha value is -1.88. The van der Waals surface area contributed by atoms with Crippen LogP contribution in [0.3, 0.4) is 0 Å². The third-order valence-corrected chi connectivity index (χ3v) is 2.70. The van der Waals surface area contributed by atoms with Crippen LogP contribution in [0.4, 0.5) is 5.82 Å². The van der Waals surface area contributed by atoms with Gasteiger partial charge >= 0.3 is 5.97 Å². The van der Waals surface area contributed by atoms with Crippen LogP contribution in [0.2, 0.25) is 0 Å². The largest absolute Gasteiger partial charge is 0.478 e. The van der Waals surface area contributed by atoms with Gasteiger partial charge in [0.05, 0.1) is 11.1 Å². The van der Waals surface area contributed by atoms with Crippen molar-refractivity contribution in [3.63, 3.8) is 0 Å². The molecule has 1 aromatic heterocycles. The molecule has 0 aliphatic carbocycles. The van der Waals surface area contributed by atoms with E-state index < -0.39 is 5.97 Å². The number of anilines is 1. The zero-order valence-corrected chi connectivity index (χ0v) is 11.1. The number of benzene rings is 1. The third-order valence-electron chi connectivity index (χ3n) is 2.42. The number of nitrogens with one attached hydrogen (secondary N) is 1. The number of fused-ring (bicyclic) bond motifs is 1. The quantitative estimate of drug-likeness (QED) is 0.910. The average molecular weight is 307 g/mol. The minimum Gasteiger partial charge on any atom is -0.478 e. The first-order valence-electron chi connectivity index (χ1n) is 5.28. The molecular formula is C13H11BrN2O2. The molecule has 0 saturated heterocycles. The smallest absolute Gasteiger partial charge is 0.336 e. The second kappa shape index (κ2) is 5.18. The minimum absolute atomic E-state index is 0.261. The minimum atomic E-state index is -0.947. The first kappa shape index (κ1) is 12.6. The van der Waals surface area contributed by atoms with Gasteiger partial charge < -0.3 is 10.4 Å². The average Bonchev–Trinajstić information content (AvgIpc) is 2.35. The summed E-state index contributed by atoms with van der Waals surface area (Å²) in [5.41, 5.74) is 0.913. The van der Waals surface area contributed by atoms with Crippen LogP contribution in [-0.2, 0) is 0 Å². The van der Waals surface area contributed by atoms with Crippen LogP contribution in [0.5, 0.6) is 0 Å². The molecule has 1 heterocycles. The Morgan fingerprint density at radius 1 is 1.39 bits per heavy atom. The van der Waals surface area contributed by atoms with Gasteiger partial charge in [-0.2, -0.15) is 0 Å². The van der Waals surface area contributed by atoms with E-state index in [1.165, 1.54) is 0 Å². The van der Waals surface area contributed by atoms with Crippen molar-refractivity contribution in [2.75, 3.05) is 11.9 Å². The van der Waals surface area contributed by atoms with Crippen molar-refractivity contribution in [2.45, 2.75) is 0 Å². The number of carbonyl (C=O) groups is 1. The molecule has 2 aromatic rings. The summed E-state index contributed by atoms with van der Waals surface area (Å²) in [6.45, 7) is 4.29. The standard InChI is InChI=1S/C13H11BrN2O2/c1-8(14)7-15-12-6-5-9-10(13(17)18)3-2-4-11(9)16-12/h2-6H,1,7H2,(H,15,16)(H,17,18). The van der Waals surface area contributed by atoms with Gasteiger partial charge in [0.2, 0.25) is 0 Å². The summed E-state index contributed by atoms with van der Waals surface area (Å²) in [6, 6.07) is 8.55. The summed E-state index contributed by atoms with van der Waals surface area (Å²) in [5, 5.41) is 12.8. The fourth-order valence-corrected chi connectivity index (χ4v) is 1.77. The highest BCUT2D eigenvalue weighted by molar-refractivity contribution is 9.11. The van der Waals surface area contributed by atoms with Crippen LogP contribution >= 0.6 is 15.9 Å². The van der Waals surface area contributed by atoms with E-state index in [1.54, 1.807) is 30.3 Å². The molecule has 0 aliphatic rings. The van der Waals surface area contributed by atoms with Crippen molar-refractivity contribution >= 4 is 38.6 Å². The molecule has 0 aliphatic heterocycles. The lowest BCUT2D eigenvalue weighted by atomic mass is 10.1. The van der Waals surface area contributed by atoms with Gasteiger partial charge in [-0.15, -0.1) is 0 Å². The first-order valence-corrected chi connectivity index (χ1v) is 6.07. The van der Waals surface area contributed by atoms with Crippen molar-refractivity contribution in [3.05, 3.63) is 47.0 Å². The van der Waals surface area contributed by atoms with Crippen molar-refractivity contribution in [3.8, 4) is 0 Å². The highest BCUT2D eigenvalue weighted by Gasteiger charge is 2.08. The van der Waals surface area contributed by atoms with Gasteiger partial charge in [0.15, 0.2) is 0 Å². The monoisotopic (exact) mass is 306 g/mol. The summed E-state index contributed by atoms with van der Waals surface area (Å²) in [5.74, 6) is -0.261. The van der Waals surface area contributed by atoms with Crippen LogP contribution in [-0.4, -0.2) is 22.6 Å². The van der Waals surface area contributed by atoms with Crippen LogP contribution in [0.25, 0.3) is 10.9 Å². The normalized spacial score (nSPS) is 10.3. The lowest BCUT2D eigenvalue weighted by Crippen LogP contribution is -2.03. The number of aromatic carboxylic acids is 1. The number of carboxylic acid groups (broad SMARTS) is 1. The predicted molar refractivity (Wildman–Crippen MR) is 75.3 cm³/mol. The molecule has 0 spiro atoms. The molecule has 0 fully saturated rings. The van der Waals surface area contributed by atoms with Gasteiger partial charge in [-0.25, -0.2) is 9.78 Å². The van der Waals surface area contributed by atoms with Crippen LogP contribution < -0.4 is 5.32 Å². The van der Waals surface area contributed by atoms with Gasteiger partial charge in [0, 0.05) is 16.4 Å². The Bertz CT molecular complexity index is 625. The van der Waals surface area contributed by atoms with Crippen LogP contribution in [0.15, 0.2) is 41.4 Å². The first-order chi connectivity index (χ1) is 8.58. The van der Waals surface area contributed by atoms with E-state index in [0.717, 1.165) is 4.48 Å². The second-order valence-electron chi connectivity index (χ2n) is 3.74. The van der Waals surface area contributed by atoms with E-state index >= 15 is 0 Å². The van der Waals surface area contributed by atoms with E-state index in [9.17, 15) is 4.79 Å². The molecule has 5 heteroatoms. The Morgan fingerprint density at radius 2 is 2.17 bits per heavy atom. The molecule has 0 saturated carbocycles. The number of nitrogens with zero attached hydrogens (tertiary/aromatic N) is 1. The molecule has 0 atom stereocenters. The van der Waals surface area contributed by atoms with E-state index in [-0.39, 0.29) is 5.56 Å². The lowest BCUT2D eigenvalue weighted by Gasteiger charge is -2.07. The van der Waals surface area contributed by atoms with Crippen molar-refractivity contribution < 1.29 is 9.90 Å². The maximum Gasteiger partial charge on any atom is 0.336 e. The summed E-state index contributed by atoms with van der Waals surface area (Å²) in [6.07, 6.45) is 0. The van der Waals surface area contributed by atoms with E-state index in [1.807, 2.05) is 0 Å².